The summed E-state index contributed by atoms with van der Waals surface area (Å²) in [6.45, 7) is 2.65. The first kappa shape index (κ1) is 8.05. The number of carbonyl (C=O) groups excluding carboxylic acids is 1. The molecule has 2 rings (SSSR count). The van der Waals surface area contributed by atoms with Gasteiger partial charge in [-0.05, 0) is 12.8 Å². The minimum absolute atomic E-state index is 0.231. The van der Waals surface area contributed by atoms with Crippen LogP contribution in [0.25, 0.3) is 0 Å². The van der Waals surface area contributed by atoms with Crippen LogP contribution in [0.3, 0.4) is 0 Å². The van der Waals surface area contributed by atoms with Crippen molar-refractivity contribution in [3.8, 4) is 0 Å². The van der Waals surface area contributed by atoms with Crippen molar-refractivity contribution >= 4 is 5.91 Å². The molecule has 2 aliphatic heterocycles. The van der Waals surface area contributed by atoms with E-state index in [-0.39, 0.29) is 12.0 Å². The van der Waals surface area contributed by atoms with Crippen LogP contribution < -0.4 is 0 Å². The first-order chi connectivity index (χ1) is 5.74. The van der Waals surface area contributed by atoms with Crippen molar-refractivity contribution in [3.05, 3.63) is 0 Å². The molecule has 2 saturated heterocycles. The second kappa shape index (κ2) is 2.73. The predicted octanol–water partition coefficient (Wildman–Crippen LogP) is 0.378. The summed E-state index contributed by atoms with van der Waals surface area (Å²) in [5.74, 6) is 0.562. The van der Waals surface area contributed by atoms with Crippen LogP contribution >= 0.6 is 0 Å². The van der Waals surface area contributed by atoms with Crippen LogP contribution in [0.15, 0.2) is 0 Å². The third-order valence-corrected chi connectivity index (χ3v) is 3.22. The Morgan fingerprint density at radius 2 is 2.42 bits per heavy atom. The van der Waals surface area contributed by atoms with E-state index in [1.54, 1.807) is 0 Å². The molecule has 0 radical (unpaired) electrons. The highest BCUT2D eigenvalue weighted by molar-refractivity contribution is 5.79. The zero-order valence-electron chi connectivity index (χ0n) is 7.36. The number of aliphatic hydroxyl groups excluding tert-OH is 1. The molecule has 12 heavy (non-hydrogen) atoms. The lowest BCUT2D eigenvalue weighted by atomic mass is 9.94. The summed E-state index contributed by atoms with van der Waals surface area (Å²) in [6.07, 6.45) is 2.35. The van der Waals surface area contributed by atoms with E-state index in [9.17, 15) is 9.90 Å². The van der Waals surface area contributed by atoms with E-state index in [0.29, 0.717) is 24.9 Å². The SMILES string of the molecule is CCC1C(O)CN2C(=O)CCC12. The molecule has 2 fully saturated rings. The minimum Gasteiger partial charge on any atom is -0.391 e. The van der Waals surface area contributed by atoms with Gasteiger partial charge in [0.1, 0.15) is 0 Å². The van der Waals surface area contributed by atoms with Gasteiger partial charge in [0.15, 0.2) is 0 Å². The summed E-state index contributed by atoms with van der Waals surface area (Å²) in [7, 11) is 0. The number of hydrogen-bond donors (Lipinski definition) is 1. The van der Waals surface area contributed by atoms with Gasteiger partial charge in [-0.15, -0.1) is 0 Å². The Bertz CT molecular complexity index is 205. The molecule has 0 aromatic rings. The number of amides is 1. The summed E-state index contributed by atoms with van der Waals surface area (Å²) in [6, 6.07) is 0.345. The maximum atomic E-state index is 11.3. The molecule has 3 nitrogen and oxygen atoms in total. The van der Waals surface area contributed by atoms with Crippen LogP contribution in [0, 0.1) is 5.92 Å². The molecular weight excluding hydrogens is 154 g/mol. The highest BCUT2D eigenvalue weighted by atomic mass is 16.3. The lowest BCUT2D eigenvalue weighted by Gasteiger charge is -2.18. The fraction of sp³-hybridized carbons (Fsp3) is 0.889. The Hall–Kier alpha value is -0.570. The second-order valence-electron chi connectivity index (χ2n) is 3.79. The summed E-state index contributed by atoms with van der Waals surface area (Å²) in [5.41, 5.74) is 0. The number of nitrogens with zero attached hydrogens (tertiary/aromatic N) is 1. The van der Waals surface area contributed by atoms with E-state index in [1.165, 1.54) is 0 Å². The molecule has 3 heteroatoms. The fourth-order valence-corrected chi connectivity index (χ4v) is 2.58. The van der Waals surface area contributed by atoms with Crippen molar-refractivity contribution in [2.24, 2.45) is 5.92 Å². The Kier molecular flexibility index (Phi) is 1.83. The topological polar surface area (TPSA) is 40.5 Å². The Morgan fingerprint density at radius 1 is 1.67 bits per heavy atom. The van der Waals surface area contributed by atoms with Gasteiger partial charge in [0.2, 0.25) is 5.91 Å². The maximum Gasteiger partial charge on any atom is 0.222 e. The van der Waals surface area contributed by atoms with Gasteiger partial charge in [-0.1, -0.05) is 6.92 Å². The lowest BCUT2D eigenvalue weighted by Crippen LogP contribution is -2.29. The monoisotopic (exact) mass is 169 g/mol. The molecule has 3 unspecified atom stereocenters. The van der Waals surface area contributed by atoms with Crippen molar-refractivity contribution in [2.45, 2.75) is 38.3 Å². The summed E-state index contributed by atoms with van der Waals surface area (Å²) in [4.78, 5) is 13.1. The van der Waals surface area contributed by atoms with E-state index in [1.807, 2.05) is 4.90 Å². The smallest absolute Gasteiger partial charge is 0.222 e. The highest BCUT2D eigenvalue weighted by Crippen LogP contribution is 2.35. The maximum absolute atomic E-state index is 11.3. The van der Waals surface area contributed by atoms with Crippen LogP contribution in [-0.4, -0.2) is 34.6 Å². The van der Waals surface area contributed by atoms with E-state index >= 15 is 0 Å². The van der Waals surface area contributed by atoms with Crippen LogP contribution in [-0.2, 0) is 4.79 Å². The Balaban J connectivity index is 2.15. The molecule has 2 aliphatic rings. The molecule has 0 saturated carbocycles. The molecule has 1 N–H and O–H groups in total. The third kappa shape index (κ3) is 0.959. The van der Waals surface area contributed by atoms with E-state index in [2.05, 4.69) is 6.92 Å². The normalized spacial score (nSPS) is 40.7. The van der Waals surface area contributed by atoms with Gasteiger partial charge >= 0.3 is 0 Å². The van der Waals surface area contributed by atoms with Gasteiger partial charge in [0, 0.05) is 24.9 Å². The quantitative estimate of drug-likeness (QED) is 0.616. The molecule has 3 atom stereocenters. The summed E-state index contributed by atoms with van der Waals surface area (Å²) in [5, 5.41) is 9.62. The molecule has 0 bridgehead atoms. The standard InChI is InChI=1S/C9H15NO2/c1-2-6-7-3-4-9(12)10(7)5-8(6)11/h6-8,11H,2-5H2,1H3. The Labute approximate surface area is 72.4 Å². The van der Waals surface area contributed by atoms with Crippen LogP contribution in [0.1, 0.15) is 26.2 Å². The number of fused-ring (bicyclic) bond motifs is 1. The predicted molar refractivity (Wildman–Crippen MR) is 44.5 cm³/mol. The number of rotatable bonds is 1. The molecule has 2 heterocycles. The average Bonchev–Trinajstić information content (AvgIpc) is 2.52. The minimum atomic E-state index is -0.274. The number of aliphatic hydroxyl groups is 1. The molecule has 0 aliphatic carbocycles. The van der Waals surface area contributed by atoms with Crippen LogP contribution in [0.5, 0.6) is 0 Å². The van der Waals surface area contributed by atoms with Crippen molar-refractivity contribution in [2.75, 3.05) is 6.54 Å². The molecule has 68 valence electrons. The van der Waals surface area contributed by atoms with Gasteiger partial charge in [0.05, 0.1) is 6.10 Å². The van der Waals surface area contributed by atoms with E-state index in [0.717, 1.165) is 12.8 Å². The molecule has 0 aromatic carbocycles. The lowest BCUT2D eigenvalue weighted by molar-refractivity contribution is -0.128. The third-order valence-electron chi connectivity index (χ3n) is 3.22. The summed E-state index contributed by atoms with van der Waals surface area (Å²) < 4.78 is 0. The van der Waals surface area contributed by atoms with E-state index in [4.69, 9.17) is 0 Å². The van der Waals surface area contributed by atoms with Gasteiger partial charge in [0.25, 0.3) is 0 Å². The molecule has 0 spiro atoms. The molecular formula is C9H15NO2. The van der Waals surface area contributed by atoms with Gasteiger partial charge in [-0.2, -0.15) is 0 Å². The second-order valence-corrected chi connectivity index (χ2v) is 3.79. The van der Waals surface area contributed by atoms with E-state index < -0.39 is 0 Å². The average molecular weight is 169 g/mol. The van der Waals surface area contributed by atoms with Crippen molar-refractivity contribution in [1.29, 1.82) is 0 Å². The number of hydrogen-bond acceptors (Lipinski definition) is 2. The largest absolute Gasteiger partial charge is 0.391 e. The number of carbonyl (C=O) groups is 1. The first-order valence-electron chi connectivity index (χ1n) is 4.71. The van der Waals surface area contributed by atoms with Crippen molar-refractivity contribution < 1.29 is 9.90 Å². The zero-order chi connectivity index (χ0) is 8.72. The molecule has 1 amide bonds. The van der Waals surface area contributed by atoms with Crippen LogP contribution in [0.2, 0.25) is 0 Å². The zero-order valence-corrected chi connectivity index (χ0v) is 7.36. The van der Waals surface area contributed by atoms with Crippen molar-refractivity contribution in [1.82, 2.24) is 4.90 Å². The van der Waals surface area contributed by atoms with Gasteiger partial charge < -0.3 is 10.0 Å². The fourth-order valence-electron chi connectivity index (χ4n) is 2.58. The molecule has 0 aromatic heterocycles. The van der Waals surface area contributed by atoms with Crippen LogP contribution in [0.4, 0.5) is 0 Å². The van der Waals surface area contributed by atoms with Gasteiger partial charge in [-0.25, -0.2) is 0 Å². The first-order valence-corrected chi connectivity index (χ1v) is 4.71. The Morgan fingerprint density at radius 3 is 3.08 bits per heavy atom. The van der Waals surface area contributed by atoms with Gasteiger partial charge in [-0.3, -0.25) is 4.79 Å². The summed E-state index contributed by atoms with van der Waals surface area (Å²) >= 11 is 0. The highest BCUT2D eigenvalue weighted by Gasteiger charge is 2.45. The van der Waals surface area contributed by atoms with Crippen molar-refractivity contribution in [3.63, 3.8) is 0 Å².